The summed E-state index contributed by atoms with van der Waals surface area (Å²) < 4.78 is 0. The van der Waals surface area contributed by atoms with Gasteiger partial charge in [0.15, 0.2) is 0 Å². The molecule has 0 radical (unpaired) electrons. The summed E-state index contributed by atoms with van der Waals surface area (Å²) in [6.07, 6.45) is 2.65. The van der Waals surface area contributed by atoms with Gasteiger partial charge in [-0.25, -0.2) is 0 Å². The van der Waals surface area contributed by atoms with Crippen molar-refractivity contribution in [1.29, 1.82) is 0 Å². The highest BCUT2D eigenvalue weighted by Crippen LogP contribution is 2.17. The van der Waals surface area contributed by atoms with Gasteiger partial charge in [-0.15, -0.1) is 0 Å². The summed E-state index contributed by atoms with van der Waals surface area (Å²) >= 11 is 1.67. The van der Waals surface area contributed by atoms with E-state index in [-0.39, 0.29) is 17.7 Å². The molecule has 0 aliphatic carbocycles. The van der Waals surface area contributed by atoms with Gasteiger partial charge >= 0.3 is 0 Å². The van der Waals surface area contributed by atoms with Gasteiger partial charge in [-0.1, -0.05) is 12.1 Å². The number of phenolic OH excluding ortho intramolecular Hbond substituents is 1. The van der Waals surface area contributed by atoms with E-state index in [1.807, 2.05) is 19.2 Å². The van der Waals surface area contributed by atoms with Crippen LogP contribution >= 0.6 is 11.8 Å². The lowest BCUT2D eigenvalue weighted by atomic mass is 10.1. The average molecular weight is 268 g/mol. The van der Waals surface area contributed by atoms with Crippen LogP contribution in [0, 0.1) is 0 Å². The quantitative estimate of drug-likeness (QED) is 0.733. The monoisotopic (exact) mass is 268 g/mol. The Hall–Kier alpha value is -1.20. The molecule has 18 heavy (non-hydrogen) atoms. The molecule has 0 aromatic heterocycles. The van der Waals surface area contributed by atoms with Crippen molar-refractivity contribution < 1.29 is 9.90 Å². The number of thioether (sulfide) groups is 1. The molecule has 1 unspecified atom stereocenters. The number of phenols is 1. The largest absolute Gasteiger partial charge is 0.508 e. The molecule has 1 aromatic rings. The van der Waals surface area contributed by atoms with Gasteiger partial charge in [0.05, 0.1) is 12.1 Å². The fraction of sp³-hybridized carbons (Fsp3) is 0.462. The first kappa shape index (κ1) is 14.9. The van der Waals surface area contributed by atoms with E-state index in [1.165, 1.54) is 0 Å². The first-order valence-electron chi connectivity index (χ1n) is 5.88. The van der Waals surface area contributed by atoms with Crippen molar-refractivity contribution in [3.05, 3.63) is 29.8 Å². The zero-order valence-electron chi connectivity index (χ0n) is 10.7. The van der Waals surface area contributed by atoms with Crippen molar-refractivity contribution in [2.75, 3.05) is 12.0 Å². The van der Waals surface area contributed by atoms with E-state index in [0.29, 0.717) is 6.42 Å². The molecule has 5 heteroatoms. The lowest BCUT2D eigenvalue weighted by Gasteiger charge is -2.17. The topological polar surface area (TPSA) is 75.4 Å². The zero-order chi connectivity index (χ0) is 13.5. The van der Waals surface area contributed by atoms with Crippen LogP contribution in [0.15, 0.2) is 24.3 Å². The molecule has 0 heterocycles. The first-order valence-corrected chi connectivity index (χ1v) is 7.27. The summed E-state index contributed by atoms with van der Waals surface area (Å²) in [4.78, 5) is 11.8. The van der Waals surface area contributed by atoms with Crippen LogP contribution in [-0.2, 0) is 4.79 Å². The molecule has 0 saturated carbocycles. The van der Waals surface area contributed by atoms with E-state index in [2.05, 4.69) is 5.32 Å². The van der Waals surface area contributed by atoms with E-state index in [4.69, 9.17) is 5.73 Å². The van der Waals surface area contributed by atoms with Crippen LogP contribution in [0.25, 0.3) is 0 Å². The van der Waals surface area contributed by atoms with Gasteiger partial charge in [0.25, 0.3) is 0 Å². The second kappa shape index (κ2) is 7.28. The number of hydrogen-bond donors (Lipinski definition) is 3. The lowest BCUT2D eigenvalue weighted by molar-refractivity contribution is -0.123. The minimum Gasteiger partial charge on any atom is -0.508 e. The number of benzene rings is 1. The second-order valence-electron chi connectivity index (χ2n) is 4.21. The standard InChI is InChI=1S/C13H20N2O2S/c1-9(10-4-3-5-11(16)8-10)15-13(17)12(14)6-7-18-2/h3-5,8-9,12,16H,6-7,14H2,1-2H3,(H,15,17)/t9?,12-/m0/s1. The Morgan fingerprint density at radius 2 is 2.28 bits per heavy atom. The van der Waals surface area contributed by atoms with Crippen LogP contribution in [0.5, 0.6) is 5.75 Å². The number of nitrogens with two attached hydrogens (primary N) is 1. The van der Waals surface area contributed by atoms with Crippen molar-refractivity contribution in [2.24, 2.45) is 5.73 Å². The summed E-state index contributed by atoms with van der Waals surface area (Å²) in [6, 6.07) is 6.21. The van der Waals surface area contributed by atoms with Crippen LogP contribution < -0.4 is 11.1 Å². The molecule has 0 fully saturated rings. The molecule has 1 amide bonds. The number of amides is 1. The highest BCUT2D eigenvalue weighted by atomic mass is 32.2. The number of rotatable bonds is 6. The summed E-state index contributed by atoms with van der Waals surface area (Å²) in [7, 11) is 0. The van der Waals surface area contributed by atoms with Gasteiger partial charge in [-0.3, -0.25) is 4.79 Å². The lowest BCUT2D eigenvalue weighted by Crippen LogP contribution is -2.41. The normalized spacial score (nSPS) is 13.9. The summed E-state index contributed by atoms with van der Waals surface area (Å²) in [5.41, 5.74) is 6.65. The Balaban J connectivity index is 2.54. The minimum atomic E-state index is -0.475. The molecule has 1 rings (SSSR count). The maximum Gasteiger partial charge on any atom is 0.237 e. The number of nitrogens with one attached hydrogen (secondary N) is 1. The van der Waals surface area contributed by atoms with Crippen LogP contribution in [-0.4, -0.2) is 29.1 Å². The third kappa shape index (κ3) is 4.58. The van der Waals surface area contributed by atoms with Crippen LogP contribution in [0.3, 0.4) is 0 Å². The van der Waals surface area contributed by atoms with E-state index < -0.39 is 6.04 Å². The van der Waals surface area contributed by atoms with Crippen molar-refractivity contribution in [2.45, 2.75) is 25.4 Å². The van der Waals surface area contributed by atoms with E-state index in [1.54, 1.807) is 30.0 Å². The summed E-state index contributed by atoms with van der Waals surface area (Å²) in [6.45, 7) is 1.87. The maximum absolute atomic E-state index is 11.8. The third-order valence-corrected chi connectivity index (χ3v) is 3.34. The Labute approximate surface area is 112 Å². The molecule has 4 nitrogen and oxygen atoms in total. The fourth-order valence-electron chi connectivity index (χ4n) is 1.57. The number of hydrogen-bond acceptors (Lipinski definition) is 4. The van der Waals surface area contributed by atoms with E-state index >= 15 is 0 Å². The Kier molecular flexibility index (Phi) is 6.01. The molecule has 4 N–H and O–H groups in total. The van der Waals surface area contributed by atoms with Gasteiger partial charge in [0.1, 0.15) is 5.75 Å². The Morgan fingerprint density at radius 3 is 2.89 bits per heavy atom. The van der Waals surface area contributed by atoms with Crippen molar-refractivity contribution >= 4 is 17.7 Å². The second-order valence-corrected chi connectivity index (χ2v) is 5.20. The van der Waals surface area contributed by atoms with Gasteiger partial charge in [-0.05, 0) is 43.0 Å². The number of carbonyl (C=O) groups excluding carboxylic acids is 1. The van der Waals surface area contributed by atoms with Crippen molar-refractivity contribution in [3.63, 3.8) is 0 Å². The molecule has 1 aromatic carbocycles. The van der Waals surface area contributed by atoms with Gasteiger partial charge in [-0.2, -0.15) is 11.8 Å². The van der Waals surface area contributed by atoms with E-state index in [9.17, 15) is 9.90 Å². The minimum absolute atomic E-state index is 0.153. The Bertz CT molecular complexity index is 398. The predicted molar refractivity (Wildman–Crippen MR) is 75.6 cm³/mol. The molecular formula is C13H20N2O2S. The summed E-state index contributed by atoms with van der Waals surface area (Å²) in [5.74, 6) is 0.912. The van der Waals surface area contributed by atoms with Crippen LogP contribution in [0.4, 0.5) is 0 Å². The third-order valence-electron chi connectivity index (χ3n) is 2.70. The maximum atomic E-state index is 11.8. The highest BCUT2D eigenvalue weighted by molar-refractivity contribution is 7.98. The average Bonchev–Trinajstić information content (AvgIpc) is 2.35. The number of aromatic hydroxyl groups is 1. The van der Waals surface area contributed by atoms with Crippen molar-refractivity contribution in [1.82, 2.24) is 5.32 Å². The number of carbonyl (C=O) groups is 1. The first-order chi connectivity index (χ1) is 8.54. The molecule has 0 spiro atoms. The molecule has 0 bridgehead atoms. The Morgan fingerprint density at radius 1 is 1.56 bits per heavy atom. The van der Waals surface area contributed by atoms with Crippen LogP contribution in [0.2, 0.25) is 0 Å². The molecule has 0 aliphatic heterocycles. The SMILES string of the molecule is CSCC[C@H](N)C(=O)NC(C)c1cccc(O)c1. The molecule has 0 aliphatic rings. The smallest absolute Gasteiger partial charge is 0.237 e. The molecule has 2 atom stereocenters. The van der Waals surface area contributed by atoms with Crippen LogP contribution in [0.1, 0.15) is 24.9 Å². The molecular weight excluding hydrogens is 248 g/mol. The van der Waals surface area contributed by atoms with Crippen molar-refractivity contribution in [3.8, 4) is 5.75 Å². The van der Waals surface area contributed by atoms with Gasteiger partial charge < -0.3 is 16.2 Å². The zero-order valence-corrected chi connectivity index (χ0v) is 11.5. The highest BCUT2D eigenvalue weighted by Gasteiger charge is 2.16. The van der Waals surface area contributed by atoms with Gasteiger partial charge in [0, 0.05) is 0 Å². The molecule has 0 saturated heterocycles. The predicted octanol–water partition coefficient (Wildman–Crippen LogP) is 1.65. The van der Waals surface area contributed by atoms with E-state index in [0.717, 1.165) is 11.3 Å². The fourth-order valence-corrected chi connectivity index (χ4v) is 2.06. The summed E-state index contributed by atoms with van der Waals surface area (Å²) in [5, 5.41) is 12.2. The van der Waals surface area contributed by atoms with Gasteiger partial charge in [0.2, 0.25) is 5.91 Å². The molecule has 100 valence electrons.